The monoisotopic (exact) mass is 425 g/mol. The fraction of sp³-hybridized carbons (Fsp3) is 0.500. The Morgan fingerprint density at radius 1 is 1.30 bits per heavy atom. The largest absolute Gasteiger partial charge is 0.368 e. The molecule has 0 bridgehead atoms. The number of amides is 3. The first kappa shape index (κ1) is 19.4. The molecule has 0 radical (unpaired) electrons. The minimum Gasteiger partial charge on any atom is -0.368 e. The van der Waals surface area contributed by atoms with E-state index in [9.17, 15) is 9.59 Å². The summed E-state index contributed by atoms with van der Waals surface area (Å²) in [6, 6.07) is 7.33. The molecule has 2 aliphatic heterocycles. The number of carbonyl (C=O) groups is 2. The Bertz CT molecular complexity index is 968. The maximum absolute atomic E-state index is 13.0. The first-order valence-electron chi connectivity index (χ1n) is 10.6. The molecule has 2 atom stereocenters. The fourth-order valence-electron chi connectivity index (χ4n) is 4.92. The van der Waals surface area contributed by atoms with Crippen molar-refractivity contribution in [3.05, 3.63) is 40.9 Å². The zero-order valence-electron chi connectivity index (χ0n) is 17.1. The van der Waals surface area contributed by atoms with Gasteiger partial charge in [0, 0.05) is 35.3 Å². The van der Waals surface area contributed by atoms with Gasteiger partial charge in [0.1, 0.15) is 6.04 Å². The van der Waals surface area contributed by atoms with Gasteiger partial charge in [0.2, 0.25) is 5.91 Å². The van der Waals surface area contributed by atoms with Crippen LogP contribution in [0, 0.1) is 6.92 Å². The van der Waals surface area contributed by atoms with Crippen LogP contribution in [0.2, 0.25) is 0 Å². The third-order valence-electron chi connectivity index (χ3n) is 6.75. The van der Waals surface area contributed by atoms with Gasteiger partial charge in [-0.2, -0.15) is 0 Å². The number of piperidine rings is 1. The molecule has 1 aromatic heterocycles. The van der Waals surface area contributed by atoms with Crippen molar-refractivity contribution in [2.45, 2.75) is 56.5 Å². The van der Waals surface area contributed by atoms with Crippen LogP contribution in [0.25, 0.3) is 0 Å². The Morgan fingerprint density at radius 3 is 2.70 bits per heavy atom. The average Bonchev–Trinajstić information content (AvgIpc) is 3.33. The van der Waals surface area contributed by atoms with E-state index in [2.05, 4.69) is 29.4 Å². The lowest BCUT2D eigenvalue weighted by molar-refractivity contribution is -0.119. The lowest BCUT2D eigenvalue weighted by atomic mass is 9.95. The molecule has 8 heteroatoms. The molecule has 2 aromatic rings. The summed E-state index contributed by atoms with van der Waals surface area (Å²) in [4.78, 5) is 34.3. The van der Waals surface area contributed by atoms with Crippen molar-refractivity contribution >= 4 is 34.1 Å². The molecule has 1 aliphatic carbocycles. The topological polar surface area (TPSA) is 91.6 Å². The minimum absolute atomic E-state index is 0.0989. The zero-order valence-corrected chi connectivity index (χ0v) is 18.0. The summed E-state index contributed by atoms with van der Waals surface area (Å²) in [5.74, 6) is -0.427. The van der Waals surface area contributed by atoms with Crippen molar-refractivity contribution in [1.29, 1.82) is 0 Å². The Kier molecular flexibility index (Phi) is 4.69. The van der Waals surface area contributed by atoms with Gasteiger partial charge in [-0.25, -0.2) is 9.78 Å². The number of thiazole rings is 1. The van der Waals surface area contributed by atoms with Crippen molar-refractivity contribution in [3.63, 3.8) is 0 Å². The number of carbonyl (C=O) groups excluding carboxylic acids is 2. The molecule has 1 aromatic carbocycles. The number of benzene rings is 1. The van der Waals surface area contributed by atoms with Gasteiger partial charge in [-0.15, -0.1) is 11.3 Å². The number of fused-ring (bicyclic) bond motifs is 1. The second-order valence-electron chi connectivity index (χ2n) is 8.71. The number of primary amides is 1. The van der Waals surface area contributed by atoms with E-state index in [0.29, 0.717) is 6.54 Å². The molecule has 3 aliphatic rings. The molecule has 0 spiro atoms. The smallest absolute Gasteiger partial charge is 0.325 e. The summed E-state index contributed by atoms with van der Waals surface area (Å²) >= 11 is 1.67. The molecule has 7 nitrogen and oxygen atoms in total. The number of aryl methyl sites for hydroxylation is 1. The van der Waals surface area contributed by atoms with Gasteiger partial charge in [-0.3, -0.25) is 9.69 Å². The predicted octanol–water partition coefficient (Wildman–Crippen LogP) is 3.24. The molecule has 2 saturated heterocycles. The third kappa shape index (κ3) is 3.23. The molecular weight excluding hydrogens is 398 g/mol. The number of hydrogen-bond acceptors (Lipinski definition) is 5. The lowest BCUT2D eigenvalue weighted by Gasteiger charge is -2.29. The van der Waals surface area contributed by atoms with Crippen molar-refractivity contribution in [2.75, 3.05) is 23.3 Å². The molecule has 3 amide bonds. The maximum atomic E-state index is 13.0. The summed E-state index contributed by atoms with van der Waals surface area (Å²) in [5.41, 5.74) is 7.85. The standard InChI is InChI=1S/C22H27N5O2S/c1-14-12-24-20(30-14)25-13-22(9-10-22)15-5-7-16(8-6-15)27-18(19(23)28)17-4-2-3-11-26(17)21(27)29/h5-8,12,17-18H,2-4,9-11,13H2,1H3,(H2,23,28)(H,24,25)/t17-,18?/m1/s1. The normalized spacial score (nSPS) is 24.6. The number of anilines is 2. The summed E-state index contributed by atoms with van der Waals surface area (Å²) in [7, 11) is 0. The third-order valence-corrected chi connectivity index (χ3v) is 7.62. The van der Waals surface area contributed by atoms with E-state index in [1.54, 1.807) is 16.2 Å². The Balaban J connectivity index is 1.35. The number of nitrogens with two attached hydrogens (primary N) is 1. The van der Waals surface area contributed by atoms with Crippen molar-refractivity contribution in [1.82, 2.24) is 9.88 Å². The van der Waals surface area contributed by atoms with Gasteiger partial charge < -0.3 is 16.0 Å². The molecule has 1 unspecified atom stereocenters. The van der Waals surface area contributed by atoms with Crippen molar-refractivity contribution in [2.24, 2.45) is 5.73 Å². The van der Waals surface area contributed by atoms with Gasteiger partial charge in [0.15, 0.2) is 5.13 Å². The van der Waals surface area contributed by atoms with Crippen LogP contribution in [0.5, 0.6) is 0 Å². The predicted molar refractivity (Wildman–Crippen MR) is 118 cm³/mol. The summed E-state index contributed by atoms with van der Waals surface area (Å²) < 4.78 is 0. The minimum atomic E-state index is -0.589. The van der Waals surface area contributed by atoms with E-state index in [0.717, 1.165) is 49.5 Å². The molecular formula is C22H27N5O2S. The number of nitrogens with zero attached hydrogens (tertiary/aromatic N) is 3. The number of rotatable bonds is 6. The quantitative estimate of drug-likeness (QED) is 0.743. The van der Waals surface area contributed by atoms with Gasteiger partial charge in [0.05, 0.1) is 6.04 Å². The average molecular weight is 426 g/mol. The number of nitrogens with one attached hydrogen (secondary N) is 1. The SMILES string of the molecule is Cc1cnc(NCC2(c3ccc(N4C(=O)N5CCCC[C@@H]5C4C(N)=O)cc3)CC2)s1. The highest BCUT2D eigenvalue weighted by atomic mass is 32.1. The van der Waals surface area contributed by atoms with Crippen LogP contribution in [0.15, 0.2) is 30.5 Å². The van der Waals surface area contributed by atoms with Crippen LogP contribution < -0.4 is 16.0 Å². The van der Waals surface area contributed by atoms with E-state index < -0.39 is 11.9 Å². The van der Waals surface area contributed by atoms with Gasteiger partial charge in [-0.1, -0.05) is 12.1 Å². The highest BCUT2D eigenvalue weighted by Gasteiger charge is 2.50. The van der Waals surface area contributed by atoms with E-state index in [1.165, 1.54) is 10.4 Å². The second-order valence-corrected chi connectivity index (χ2v) is 9.95. The molecule has 5 rings (SSSR count). The van der Waals surface area contributed by atoms with Crippen LogP contribution in [0.3, 0.4) is 0 Å². The van der Waals surface area contributed by atoms with Crippen molar-refractivity contribution < 1.29 is 9.59 Å². The van der Waals surface area contributed by atoms with Gasteiger partial charge in [0.25, 0.3) is 0 Å². The molecule has 1 saturated carbocycles. The van der Waals surface area contributed by atoms with Crippen LogP contribution in [-0.4, -0.2) is 47.0 Å². The molecule has 3 fully saturated rings. The van der Waals surface area contributed by atoms with E-state index in [-0.39, 0.29) is 17.5 Å². The van der Waals surface area contributed by atoms with E-state index >= 15 is 0 Å². The van der Waals surface area contributed by atoms with Crippen molar-refractivity contribution in [3.8, 4) is 0 Å². The van der Waals surface area contributed by atoms with E-state index in [1.807, 2.05) is 23.2 Å². The fourth-order valence-corrected chi connectivity index (χ4v) is 5.58. The number of hydrogen-bond donors (Lipinski definition) is 2. The number of aromatic nitrogens is 1. The molecule has 3 heterocycles. The Hall–Kier alpha value is -2.61. The van der Waals surface area contributed by atoms with Crippen LogP contribution in [0.1, 0.15) is 42.5 Å². The van der Waals surface area contributed by atoms with Crippen LogP contribution in [0.4, 0.5) is 15.6 Å². The molecule has 30 heavy (non-hydrogen) atoms. The first-order chi connectivity index (χ1) is 14.5. The highest BCUT2D eigenvalue weighted by Crippen LogP contribution is 2.49. The maximum Gasteiger partial charge on any atom is 0.325 e. The molecule has 158 valence electrons. The summed E-state index contributed by atoms with van der Waals surface area (Å²) in [5, 5.41) is 4.43. The van der Waals surface area contributed by atoms with Gasteiger partial charge >= 0.3 is 6.03 Å². The Morgan fingerprint density at radius 2 is 2.07 bits per heavy atom. The van der Waals surface area contributed by atoms with Gasteiger partial charge in [-0.05, 0) is 56.7 Å². The summed E-state index contributed by atoms with van der Waals surface area (Å²) in [6.07, 6.45) is 6.99. The number of urea groups is 1. The van der Waals surface area contributed by atoms with Crippen LogP contribution >= 0.6 is 11.3 Å². The highest BCUT2D eigenvalue weighted by molar-refractivity contribution is 7.15. The van der Waals surface area contributed by atoms with E-state index in [4.69, 9.17) is 5.73 Å². The summed E-state index contributed by atoms with van der Waals surface area (Å²) in [6.45, 7) is 3.61. The second kappa shape index (κ2) is 7.27. The van der Waals surface area contributed by atoms with Crippen LogP contribution in [-0.2, 0) is 10.2 Å². The first-order valence-corrected chi connectivity index (χ1v) is 11.5. The zero-order chi connectivity index (χ0) is 20.9. The Labute approximate surface area is 180 Å². The lowest BCUT2D eigenvalue weighted by Crippen LogP contribution is -2.48. The molecule has 3 N–H and O–H groups in total.